The van der Waals surface area contributed by atoms with Crippen LogP contribution in [0.5, 0.6) is 0 Å². The summed E-state index contributed by atoms with van der Waals surface area (Å²) in [6.45, 7) is 5.80. The van der Waals surface area contributed by atoms with Crippen LogP contribution in [0, 0.1) is 5.41 Å². The molecule has 0 radical (unpaired) electrons. The zero-order valence-corrected chi connectivity index (χ0v) is 7.96. The van der Waals surface area contributed by atoms with Crippen LogP contribution < -0.4 is 0 Å². The van der Waals surface area contributed by atoms with Gasteiger partial charge in [0.2, 0.25) is 0 Å². The third-order valence-corrected chi connectivity index (χ3v) is 2.24. The highest BCUT2D eigenvalue weighted by Gasteiger charge is 2.38. The van der Waals surface area contributed by atoms with Crippen LogP contribution in [-0.4, -0.2) is 40.8 Å². The lowest BCUT2D eigenvalue weighted by molar-refractivity contribution is 0.179. The molecule has 1 aliphatic heterocycles. The van der Waals surface area contributed by atoms with Crippen molar-refractivity contribution >= 4 is 11.9 Å². The van der Waals surface area contributed by atoms with Gasteiger partial charge in [-0.25, -0.2) is 4.79 Å². The summed E-state index contributed by atoms with van der Waals surface area (Å²) in [6, 6.07) is 0.0165. The Morgan fingerprint density at radius 2 is 2.00 bits per heavy atom. The van der Waals surface area contributed by atoms with Gasteiger partial charge in [-0.2, -0.15) is 0 Å². The van der Waals surface area contributed by atoms with Gasteiger partial charge in [0.05, 0.1) is 6.04 Å². The number of urea groups is 1. The van der Waals surface area contributed by atoms with Crippen LogP contribution in [0.15, 0.2) is 0 Å². The standard InChI is InChI=1S/C8H15N3O/c1-5(2)11-6(3)7(9)10(4)8(11)12/h5-6,9H,1-4H3. The number of carbonyl (C=O) groups excluding carboxylic acids is 1. The third kappa shape index (κ3) is 1.07. The predicted octanol–water partition coefficient (Wildman–Crippen LogP) is 1.13. The second-order valence-corrected chi connectivity index (χ2v) is 3.40. The van der Waals surface area contributed by atoms with Gasteiger partial charge < -0.3 is 4.90 Å². The Kier molecular flexibility index (Phi) is 2.08. The Labute approximate surface area is 72.7 Å². The first-order chi connectivity index (χ1) is 5.46. The molecule has 12 heavy (non-hydrogen) atoms. The lowest BCUT2D eigenvalue weighted by atomic mass is 10.2. The maximum atomic E-state index is 11.5. The van der Waals surface area contributed by atoms with Crippen molar-refractivity contribution in [3.8, 4) is 0 Å². The number of likely N-dealkylation sites (N-methyl/N-ethyl adjacent to an activating group) is 1. The first kappa shape index (κ1) is 9.03. The number of amides is 2. The van der Waals surface area contributed by atoms with Gasteiger partial charge in [-0.15, -0.1) is 0 Å². The van der Waals surface area contributed by atoms with Gasteiger partial charge in [-0.3, -0.25) is 10.3 Å². The number of carbonyl (C=O) groups is 1. The van der Waals surface area contributed by atoms with Crippen molar-refractivity contribution in [2.75, 3.05) is 7.05 Å². The van der Waals surface area contributed by atoms with Crippen molar-refractivity contribution in [2.45, 2.75) is 32.9 Å². The molecule has 68 valence electrons. The minimum Gasteiger partial charge on any atom is -0.312 e. The molecule has 1 N–H and O–H groups in total. The minimum absolute atomic E-state index is 0.0671. The normalized spacial score (nSPS) is 24.6. The van der Waals surface area contributed by atoms with Gasteiger partial charge in [-0.1, -0.05) is 0 Å². The monoisotopic (exact) mass is 169 g/mol. The Bertz CT molecular complexity index is 224. The van der Waals surface area contributed by atoms with Crippen molar-refractivity contribution in [3.05, 3.63) is 0 Å². The van der Waals surface area contributed by atoms with E-state index in [2.05, 4.69) is 0 Å². The van der Waals surface area contributed by atoms with E-state index in [9.17, 15) is 4.79 Å². The molecule has 0 aromatic heterocycles. The van der Waals surface area contributed by atoms with Crippen LogP contribution in [0.3, 0.4) is 0 Å². The van der Waals surface area contributed by atoms with Gasteiger partial charge in [0.1, 0.15) is 5.84 Å². The lowest BCUT2D eigenvalue weighted by Gasteiger charge is -2.23. The van der Waals surface area contributed by atoms with Crippen LogP contribution in [0.1, 0.15) is 20.8 Å². The molecule has 0 aromatic carbocycles. The molecule has 1 aliphatic rings. The van der Waals surface area contributed by atoms with Crippen molar-refractivity contribution in [1.29, 1.82) is 5.41 Å². The van der Waals surface area contributed by atoms with E-state index in [1.54, 1.807) is 11.9 Å². The average Bonchev–Trinajstić information content (AvgIpc) is 2.16. The highest BCUT2D eigenvalue weighted by Crippen LogP contribution is 2.18. The van der Waals surface area contributed by atoms with Crippen molar-refractivity contribution < 1.29 is 4.79 Å². The van der Waals surface area contributed by atoms with Crippen molar-refractivity contribution in [3.63, 3.8) is 0 Å². The molecule has 4 heteroatoms. The molecule has 0 aromatic rings. The second-order valence-electron chi connectivity index (χ2n) is 3.40. The van der Waals surface area contributed by atoms with Gasteiger partial charge in [0, 0.05) is 13.1 Å². The summed E-state index contributed by atoms with van der Waals surface area (Å²) >= 11 is 0. The molecular weight excluding hydrogens is 154 g/mol. The molecule has 1 heterocycles. The quantitative estimate of drug-likeness (QED) is 0.628. The summed E-state index contributed by atoms with van der Waals surface area (Å²) in [4.78, 5) is 14.6. The van der Waals surface area contributed by atoms with E-state index in [-0.39, 0.29) is 18.1 Å². The van der Waals surface area contributed by atoms with Gasteiger partial charge in [0.15, 0.2) is 0 Å². The number of hydrogen-bond donors (Lipinski definition) is 1. The topological polar surface area (TPSA) is 47.4 Å². The third-order valence-electron chi connectivity index (χ3n) is 2.24. The van der Waals surface area contributed by atoms with Crippen LogP contribution in [-0.2, 0) is 0 Å². The molecule has 0 saturated carbocycles. The molecule has 1 unspecified atom stereocenters. The van der Waals surface area contributed by atoms with E-state index in [1.807, 2.05) is 20.8 Å². The van der Waals surface area contributed by atoms with E-state index >= 15 is 0 Å². The largest absolute Gasteiger partial charge is 0.326 e. The average molecular weight is 169 g/mol. The van der Waals surface area contributed by atoms with Crippen LogP contribution >= 0.6 is 0 Å². The molecule has 1 rings (SSSR count). The Morgan fingerprint density at radius 1 is 1.50 bits per heavy atom. The minimum atomic E-state index is -0.0810. The molecule has 0 spiro atoms. The van der Waals surface area contributed by atoms with E-state index in [4.69, 9.17) is 5.41 Å². The number of hydrogen-bond acceptors (Lipinski definition) is 2. The molecule has 1 atom stereocenters. The van der Waals surface area contributed by atoms with Crippen LogP contribution in [0.2, 0.25) is 0 Å². The van der Waals surface area contributed by atoms with Gasteiger partial charge >= 0.3 is 6.03 Å². The molecule has 0 aliphatic carbocycles. The molecular formula is C8H15N3O. The van der Waals surface area contributed by atoms with E-state index in [1.165, 1.54) is 4.90 Å². The van der Waals surface area contributed by atoms with Crippen molar-refractivity contribution in [2.24, 2.45) is 0 Å². The zero-order valence-electron chi connectivity index (χ0n) is 7.96. The first-order valence-corrected chi connectivity index (χ1v) is 4.11. The fourth-order valence-corrected chi connectivity index (χ4v) is 1.52. The SMILES string of the molecule is CC(C)N1C(=O)N(C)C(=N)C1C. The first-order valence-electron chi connectivity index (χ1n) is 4.11. The molecule has 0 bridgehead atoms. The Hall–Kier alpha value is -1.06. The predicted molar refractivity (Wildman–Crippen MR) is 47.3 cm³/mol. The molecule has 2 amide bonds. The fourth-order valence-electron chi connectivity index (χ4n) is 1.52. The van der Waals surface area contributed by atoms with E-state index < -0.39 is 0 Å². The fraction of sp³-hybridized carbons (Fsp3) is 0.750. The maximum Gasteiger partial charge on any atom is 0.326 e. The van der Waals surface area contributed by atoms with Crippen LogP contribution in [0.25, 0.3) is 0 Å². The Balaban J connectivity index is 2.91. The number of nitrogens with one attached hydrogen (secondary N) is 1. The smallest absolute Gasteiger partial charge is 0.312 e. The number of rotatable bonds is 1. The molecule has 1 fully saturated rings. The second kappa shape index (κ2) is 2.77. The van der Waals surface area contributed by atoms with Gasteiger partial charge in [-0.05, 0) is 20.8 Å². The summed E-state index contributed by atoms with van der Waals surface area (Å²) in [5, 5.41) is 7.58. The number of nitrogens with zero attached hydrogens (tertiary/aromatic N) is 2. The van der Waals surface area contributed by atoms with Gasteiger partial charge in [0.25, 0.3) is 0 Å². The Morgan fingerprint density at radius 3 is 2.17 bits per heavy atom. The molecule has 1 saturated heterocycles. The summed E-state index contributed by atoms with van der Waals surface area (Å²) in [5.41, 5.74) is 0. The van der Waals surface area contributed by atoms with E-state index in [0.29, 0.717) is 5.84 Å². The summed E-state index contributed by atoms with van der Waals surface area (Å²) in [7, 11) is 1.64. The summed E-state index contributed by atoms with van der Waals surface area (Å²) in [5.74, 6) is 0.383. The summed E-state index contributed by atoms with van der Waals surface area (Å²) in [6.07, 6.45) is 0. The summed E-state index contributed by atoms with van der Waals surface area (Å²) < 4.78 is 0. The highest BCUT2D eigenvalue weighted by atomic mass is 16.2. The van der Waals surface area contributed by atoms with E-state index in [0.717, 1.165) is 0 Å². The van der Waals surface area contributed by atoms with Crippen LogP contribution in [0.4, 0.5) is 4.79 Å². The maximum absolute atomic E-state index is 11.5. The zero-order chi connectivity index (χ0) is 9.46. The lowest BCUT2D eigenvalue weighted by Crippen LogP contribution is -2.38. The highest BCUT2D eigenvalue weighted by molar-refractivity contribution is 6.05. The molecule has 4 nitrogen and oxygen atoms in total. The number of amidine groups is 1. The van der Waals surface area contributed by atoms with Crippen molar-refractivity contribution in [1.82, 2.24) is 9.80 Å².